The summed E-state index contributed by atoms with van der Waals surface area (Å²) in [5.74, 6) is 0.116. The number of piperazine rings is 1. The third kappa shape index (κ3) is 4.66. The Hall–Kier alpha value is -1.69. The van der Waals surface area contributed by atoms with Crippen molar-refractivity contribution in [3.8, 4) is 0 Å². The molecule has 4 nitrogen and oxygen atoms in total. The van der Waals surface area contributed by atoms with E-state index in [1.54, 1.807) is 0 Å². The van der Waals surface area contributed by atoms with Gasteiger partial charge in [0.25, 0.3) is 0 Å². The zero-order valence-electron chi connectivity index (χ0n) is 14.1. The molecule has 1 amide bonds. The first-order valence-electron chi connectivity index (χ1n) is 8.53. The highest BCUT2D eigenvalue weighted by molar-refractivity contribution is 7.09. The average molecular weight is 343 g/mol. The molecule has 24 heavy (non-hydrogen) atoms. The first-order chi connectivity index (χ1) is 11.7. The predicted molar refractivity (Wildman–Crippen MR) is 98.9 cm³/mol. The van der Waals surface area contributed by atoms with Crippen molar-refractivity contribution in [2.24, 2.45) is 0 Å². The van der Waals surface area contributed by atoms with Crippen LogP contribution in [-0.4, -0.2) is 47.9 Å². The second-order valence-electron chi connectivity index (χ2n) is 6.27. The fraction of sp³-hybridized carbons (Fsp3) is 0.421. The monoisotopic (exact) mass is 343 g/mol. The molecular weight excluding hydrogens is 318 g/mol. The van der Waals surface area contributed by atoms with Crippen LogP contribution in [0.1, 0.15) is 17.4 Å². The van der Waals surface area contributed by atoms with Crippen LogP contribution in [0.5, 0.6) is 0 Å². The van der Waals surface area contributed by atoms with Crippen LogP contribution in [-0.2, 0) is 17.9 Å². The molecule has 1 aromatic heterocycles. The summed E-state index contributed by atoms with van der Waals surface area (Å²) in [5.41, 5.74) is 1.14. The Kier molecular flexibility index (Phi) is 6.01. The lowest BCUT2D eigenvalue weighted by molar-refractivity contribution is -0.126. The molecule has 0 spiro atoms. The number of carbonyl (C=O) groups is 1. The maximum absolute atomic E-state index is 12.4. The number of rotatable bonds is 6. The van der Waals surface area contributed by atoms with Gasteiger partial charge in [-0.2, -0.15) is 0 Å². The minimum absolute atomic E-state index is 0.0717. The Morgan fingerprint density at radius 3 is 2.54 bits per heavy atom. The van der Waals surface area contributed by atoms with Gasteiger partial charge in [-0.05, 0) is 23.9 Å². The summed E-state index contributed by atoms with van der Waals surface area (Å²) in [6.07, 6.45) is 0. The van der Waals surface area contributed by atoms with Crippen LogP contribution in [0.15, 0.2) is 47.8 Å². The van der Waals surface area contributed by atoms with Gasteiger partial charge < -0.3 is 5.32 Å². The summed E-state index contributed by atoms with van der Waals surface area (Å²) in [7, 11) is 0. The summed E-state index contributed by atoms with van der Waals surface area (Å²) >= 11 is 1.81. The Labute approximate surface area is 148 Å². The highest BCUT2D eigenvalue weighted by Crippen LogP contribution is 2.14. The van der Waals surface area contributed by atoms with Gasteiger partial charge in [0.05, 0.1) is 6.04 Å². The van der Waals surface area contributed by atoms with Gasteiger partial charge in [0.2, 0.25) is 5.91 Å². The van der Waals surface area contributed by atoms with Gasteiger partial charge in [-0.25, -0.2) is 0 Å². The van der Waals surface area contributed by atoms with E-state index < -0.39 is 0 Å². The average Bonchev–Trinajstić information content (AvgIpc) is 3.13. The molecule has 1 fully saturated rings. The molecule has 0 bridgehead atoms. The van der Waals surface area contributed by atoms with Crippen molar-refractivity contribution >= 4 is 17.2 Å². The zero-order valence-corrected chi connectivity index (χ0v) is 15.0. The molecule has 5 heteroatoms. The van der Waals surface area contributed by atoms with E-state index in [0.29, 0.717) is 6.54 Å². The molecule has 2 aromatic rings. The summed E-state index contributed by atoms with van der Waals surface area (Å²) in [4.78, 5) is 18.6. The third-order valence-electron chi connectivity index (χ3n) is 4.60. The standard InChI is InChI=1S/C19H25N3OS/c1-16(19(23)20-14-17-6-3-2-4-7-17)22-11-9-21(10-12-22)15-18-8-5-13-24-18/h2-8,13,16H,9-12,14-15H2,1H3,(H,20,23)/t16-/m0/s1. The molecule has 0 radical (unpaired) electrons. The lowest BCUT2D eigenvalue weighted by Gasteiger charge is -2.37. The molecule has 1 N–H and O–H groups in total. The Bertz CT molecular complexity index is 621. The van der Waals surface area contributed by atoms with E-state index in [2.05, 4.69) is 32.6 Å². The Balaban J connectivity index is 1.42. The maximum atomic E-state index is 12.4. The van der Waals surface area contributed by atoms with Crippen LogP contribution >= 0.6 is 11.3 Å². The predicted octanol–water partition coefficient (Wildman–Crippen LogP) is 2.57. The van der Waals surface area contributed by atoms with Gasteiger partial charge in [-0.3, -0.25) is 14.6 Å². The van der Waals surface area contributed by atoms with Crippen LogP contribution in [0.2, 0.25) is 0 Å². The topological polar surface area (TPSA) is 35.6 Å². The van der Waals surface area contributed by atoms with Crippen LogP contribution in [0.25, 0.3) is 0 Å². The van der Waals surface area contributed by atoms with Gasteiger partial charge in [0.1, 0.15) is 0 Å². The Morgan fingerprint density at radius 2 is 1.88 bits per heavy atom. The van der Waals surface area contributed by atoms with Gasteiger partial charge in [-0.15, -0.1) is 11.3 Å². The molecule has 1 atom stereocenters. The number of carbonyl (C=O) groups excluding carboxylic acids is 1. The third-order valence-corrected chi connectivity index (χ3v) is 5.46. The lowest BCUT2D eigenvalue weighted by atomic mass is 10.2. The van der Waals surface area contributed by atoms with Crippen LogP contribution in [0, 0.1) is 0 Å². The number of hydrogen-bond acceptors (Lipinski definition) is 4. The van der Waals surface area contributed by atoms with Crippen molar-refractivity contribution in [3.05, 3.63) is 58.3 Å². The molecule has 0 aliphatic carbocycles. The van der Waals surface area contributed by atoms with E-state index in [9.17, 15) is 4.79 Å². The quantitative estimate of drug-likeness (QED) is 0.876. The first-order valence-corrected chi connectivity index (χ1v) is 9.41. The van der Waals surface area contributed by atoms with Crippen LogP contribution in [0.3, 0.4) is 0 Å². The van der Waals surface area contributed by atoms with E-state index in [1.807, 2.05) is 48.6 Å². The number of benzene rings is 1. The molecule has 1 aliphatic heterocycles. The van der Waals surface area contributed by atoms with Crippen molar-refractivity contribution in [1.82, 2.24) is 15.1 Å². The van der Waals surface area contributed by atoms with Gasteiger partial charge in [0.15, 0.2) is 0 Å². The molecule has 128 valence electrons. The van der Waals surface area contributed by atoms with Crippen molar-refractivity contribution in [2.75, 3.05) is 26.2 Å². The smallest absolute Gasteiger partial charge is 0.237 e. The molecule has 1 aromatic carbocycles. The normalized spacial score (nSPS) is 17.5. The highest BCUT2D eigenvalue weighted by Gasteiger charge is 2.25. The van der Waals surface area contributed by atoms with Gasteiger partial charge in [0, 0.05) is 44.1 Å². The molecule has 1 aliphatic rings. The number of amides is 1. The second-order valence-corrected chi connectivity index (χ2v) is 7.30. The highest BCUT2D eigenvalue weighted by atomic mass is 32.1. The summed E-state index contributed by atoms with van der Waals surface area (Å²) < 4.78 is 0. The van der Waals surface area contributed by atoms with Crippen LogP contribution < -0.4 is 5.32 Å². The first kappa shape index (κ1) is 17.1. The molecular formula is C19H25N3OS. The summed E-state index contributed by atoms with van der Waals surface area (Å²) in [6.45, 7) is 7.58. The van der Waals surface area contributed by atoms with E-state index in [1.165, 1.54) is 4.88 Å². The number of nitrogens with one attached hydrogen (secondary N) is 1. The van der Waals surface area contributed by atoms with Crippen LogP contribution in [0.4, 0.5) is 0 Å². The number of thiophene rings is 1. The zero-order chi connectivity index (χ0) is 16.8. The van der Waals surface area contributed by atoms with Crippen molar-refractivity contribution in [3.63, 3.8) is 0 Å². The van der Waals surface area contributed by atoms with E-state index in [4.69, 9.17) is 0 Å². The second kappa shape index (κ2) is 8.42. The number of hydrogen-bond donors (Lipinski definition) is 1. The molecule has 0 unspecified atom stereocenters. The largest absolute Gasteiger partial charge is 0.351 e. The van der Waals surface area contributed by atoms with E-state index >= 15 is 0 Å². The van der Waals surface area contributed by atoms with E-state index in [0.717, 1.165) is 38.3 Å². The minimum Gasteiger partial charge on any atom is -0.351 e. The molecule has 2 heterocycles. The van der Waals surface area contributed by atoms with Crippen molar-refractivity contribution < 1.29 is 4.79 Å². The van der Waals surface area contributed by atoms with Crippen molar-refractivity contribution in [2.45, 2.75) is 26.1 Å². The maximum Gasteiger partial charge on any atom is 0.237 e. The molecule has 1 saturated heterocycles. The van der Waals surface area contributed by atoms with E-state index in [-0.39, 0.29) is 11.9 Å². The number of nitrogens with zero attached hydrogens (tertiary/aromatic N) is 2. The summed E-state index contributed by atoms with van der Waals surface area (Å²) in [5, 5.41) is 5.18. The fourth-order valence-electron chi connectivity index (χ4n) is 3.03. The van der Waals surface area contributed by atoms with Crippen molar-refractivity contribution in [1.29, 1.82) is 0 Å². The minimum atomic E-state index is -0.0717. The molecule has 0 saturated carbocycles. The lowest BCUT2D eigenvalue weighted by Crippen LogP contribution is -2.53. The fourth-order valence-corrected chi connectivity index (χ4v) is 3.78. The van der Waals surface area contributed by atoms with Gasteiger partial charge in [-0.1, -0.05) is 36.4 Å². The van der Waals surface area contributed by atoms with Gasteiger partial charge >= 0.3 is 0 Å². The molecule has 3 rings (SSSR count). The Morgan fingerprint density at radius 1 is 1.12 bits per heavy atom. The SMILES string of the molecule is C[C@@H](C(=O)NCc1ccccc1)N1CCN(Cc2cccs2)CC1. The summed E-state index contributed by atoms with van der Waals surface area (Å²) in [6, 6.07) is 14.3.